The molecular weight excluding hydrogens is 376 g/mol. The molecule has 2 N–H and O–H groups in total. The molecule has 0 atom stereocenters. The van der Waals surface area contributed by atoms with Gasteiger partial charge in [-0.05, 0) is 54.8 Å². The van der Waals surface area contributed by atoms with Crippen LogP contribution in [0.15, 0.2) is 47.4 Å². The van der Waals surface area contributed by atoms with Crippen molar-refractivity contribution in [2.24, 2.45) is 0 Å². The van der Waals surface area contributed by atoms with E-state index in [1.165, 1.54) is 68.9 Å². The normalized spacial score (nSPS) is 11.5. The quantitative estimate of drug-likeness (QED) is 0.328. The van der Waals surface area contributed by atoms with Crippen LogP contribution in [0, 0.1) is 0 Å². The lowest BCUT2D eigenvalue weighted by Crippen LogP contribution is -2.02. The number of rotatable bonds is 12. The summed E-state index contributed by atoms with van der Waals surface area (Å²) in [7, 11) is -4.41. The van der Waals surface area contributed by atoms with E-state index in [1.807, 2.05) is 6.07 Å². The van der Waals surface area contributed by atoms with Gasteiger partial charge >= 0.3 is 0 Å². The van der Waals surface area contributed by atoms with Gasteiger partial charge in [-0.25, -0.2) is 0 Å². The van der Waals surface area contributed by atoms with Gasteiger partial charge in [-0.3, -0.25) is 4.55 Å². The molecule has 0 radical (unpaired) electrons. The summed E-state index contributed by atoms with van der Waals surface area (Å²) >= 11 is 0. The van der Waals surface area contributed by atoms with Crippen LogP contribution >= 0.6 is 0 Å². The summed E-state index contributed by atoms with van der Waals surface area (Å²) in [6, 6.07) is 10.8. The summed E-state index contributed by atoms with van der Waals surface area (Å²) < 4.78 is 38.7. The van der Waals surface area contributed by atoms with Gasteiger partial charge in [0, 0.05) is 0 Å². The molecule has 2 aromatic carbocycles. The molecule has 0 saturated heterocycles. The molecule has 6 heteroatoms. The molecule has 0 bridgehead atoms. The van der Waals surface area contributed by atoms with Crippen molar-refractivity contribution in [3.8, 4) is 17.2 Å². The first-order valence-electron chi connectivity index (χ1n) is 9.97. The number of unbranched alkanes of at least 4 members (excludes halogenated alkanes) is 7. The Bertz CT molecular complexity index is 829. The Morgan fingerprint density at radius 2 is 1.46 bits per heavy atom. The standard InChI is InChI=1S/C22H30O5S/c1-2-3-4-5-6-7-8-9-10-18-11-16-21(22(17-18)28(24,25)26)27-20-14-12-19(23)13-15-20/h11-17,23H,2-10H2,1H3,(H,24,25,26). The lowest BCUT2D eigenvalue weighted by Gasteiger charge is -2.11. The van der Waals surface area contributed by atoms with Gasteiger partial charge in [-0.15, -0.1) is 0 Å². The summed E-state index contributed by atoms with van der Waals surface area (Å²) in [4.78, 5) is -0.238. The van der Waals surface area contributed by atoms with Gasteiger partial charge in [0.1, 0.15) is 22.1 Å². The Hall–Kier alpha value is -2.05. The minimum Gasteiger partial charge on any atom is -0.508 e. The predicted molar refractivity (Wildman–Crippen MR) is 111 cm³/mol. The van der Waals surface area contributed by atoms with Crippen molar-refractivity contribution >= 4 is 10.1 Å². The highest BCUT2D eigenvalue weighted by molar-refractivity contribution is 7.86. The number of aromatic hydroxyl groups is 1. The summed E-state index contributed by atoms with van der Waals surface area (Å²) in [5.74, 6) is 0.523. The maximum absolute atomic E-state index is 11.8. The molecule has 0 spiro atoms. The molecule has 0 aliphatic heterocycles. The highest BCUT2D eigenvalue weighted by atomic mass is 32.2. The number of phenols is 1. The van der Waals surface area contributed by atoms with E-state index >= 15 is 0 Å². The second kappa shape index (κ2) is 11.1. The van der Waals surface area contributed by atoms with E-state index in [4.69, 9.17) is 4.74 Å². The number of benzene rings is 2. The van der Waals surface area contributed by atoms with Crippen LogP contribution < -0.4 is 4.74 Å². The third kappa shape index (κ3) is 7.52. The van der Waals surface area contributed by atoms with E-state index in [0.717, 1.165) is 24.8 Å². The van der Waals surface area contributed by atoms with Crippen LogP contribution in [-0.4, -0.2) is 18.1 Å². The zero-order valence-electron chi connectivity index (χ0n) is 16.4. The minimum atomic E-state index is -4.41. The zero-order chi connectivity index (χ0) is 20.4. The monoisotopic (exact) mass is 406 g/mol. The van der Waals surface area contributed by atoms with Crippen LogP contribution in [0.3, 0.4) is 0 Å². The second-order valence-electron chi connectivity index (χ2n) is 7.08. The van der Waals surface area contributed by atoms with Crippen LogP contribution in [0.1, 0.15) is 63.9 Å². The fourth-order valence-corrected chi connectivity index (χ4v) is 3.76. The Kier molecular flexibility index (Phi) is 8.80. The van der Waals surface area contributed by atoms with Crippen LogP contribution in [0.2, 0.25) is 0 Å². The first kappa shape index (κ1) is 22.2. The van der Waals surface area contributed by atoms with Crippen LogP contribution in [0.25, 0.3) is 0 Å². The summed E-state index contributed by atoms with van der Waals surface area (Å²) in [5, 5.41) is 9.33. The van der Waals surface area contributed by atoms with Crippen LogP contribution in [-0.2, 0) is 16.5 Å². The molecule has 154 valence electrons. The highest BCUT2D eigenvalue weighted by Crippen LogP contribution is 2.31. The zero-order valence-corrected chi connectivity index (χ0v) is 17.2. The van der Waals surface area contributed by atoms with E-state index in [-0.39, 0.29) is 16.4 Å². The molecule has 0 fully saturated rings. The van der Waals surface area contributed by atoms with Gasteiger partial charge in [0.2, 0.25) is 0 Å². The van der Waals surface area contributed by atoms with Gasteiger partial charge < -0.3 is 9.84 Å². The van der Waals surface area contributed by atoms with Gasteiger partial charge in [0.05, 0.1) is 0 Å². The first-order chi connectivity index (χ1) is 13.4. The number of phenolic OH excluding ortho intramolecular Hbond substituents is 1. The highest BCUT2D eigenvalue weighted by Gasteiger charge is 2.18. The number of hydrogen-bond acceptors (Lipinski definition) is 4. The Morgan fingerprint density at radius 1 is 0.857 bits per heavy atom. The van der Waals surface area contributed by atoms with Crippen molar-refractivity contribution in [3.05, 3.63) is 48.0 Å². The molecule has 0 saturated carbocycles. The van der Waals surface area contributed by atoms with Crippen molar-refractivity contribution in [1.29, 1.82) is 0 Å². The van der Waals surface area contributed by atoms with Crippen molar-refractivity contribution in [1.82, 2.24) is 0 Å². The maximum Gasteiger partial charge on any atom is 0.298 e. The predicted octanol–water partition coefficient (Wildman–Crippen LogP) is 6.11. The minimum absolute atomic E-state index is 0.0628. The summed E-state index contributed by atoms with van der Waals surface area (Å²) in [6.07, 6.45) is 10.4. The summed E-state index contributed by atoms with van der Waals surface area (Å²) in [5.41, 5.74) is 0.858. The lowest BCUT2D eigenvalue weighted by molar-refractivity contribution is 0.445. The van der Waals surface area contributed by atoms with Crippen LogP contribution in [0.5, 0.6) is 17.2 Å². The Labute approximate surface area is 168 Å². The average molecular weight is 407 g/mol. The fraction of sp³-hybridized carbons (Fsp3) is 0.455. The van der Waals surface area contributed by atoms with E-state index in [0.29, 0.717) is 5.75 Å². The molecule has 0 aliphatic carbocycles. The molecule has 0 aliphatic rings. The molecule has 0 aromatic heterocycles. The van der Waals surface area contributed by atoms with Gasteiger partial charge in [0.15, 0.2) is 0 Å². The van der Waals surface area contributed by atoms with Crippen molar-refractivity contribution < 1.29 is 22.8 Å². The Balaban J connectivity index is 1.95. The molecule has 2 aromatic rings. The molecule has 0 unspecified atom stereocenters. The van der Waals surface area contributed by atoms with Crippen LogP contribution in [0.4, 0.5) is 0 Å². The largest absolute Gasteiger partial charge is 0.508 e. The van der Waals surface area contributed by atoms with Crippen molar-refractivity contribution in [3.63, 3.8) is 0 Å². The molecular formula is C22H30O5S. The molecule has 2 rings (SSSR count). The maximum atomic E-state index is 11.8. The molecule has 5 nitrogen and oxygen atoms in total. The van der Waals surface area contributed by atoms with E-state index < -0.39 is 10.1 Å². The van der Waals surface area contributed by atoms with Gasteiger partial charge in [-0.2, -0.15) is 8.42 Å². The molecule has 0 heterocycles. The molecule has 28 heavy (non-hydrogen) atoms. The van der Waals surface area contributed by atoms with E-state index in [1.54, 1.807) is 6.07 Å². The topological polar surface area (TPSA) is 83.8 Å². The van der Waals surface area contributed by atoms with Crippen molar-refractivity contribution in [2.45, 2.75) is 69.6 Å². The first-order valence-corrected chi connectivity index (χ1v) is 11.4. The molecule has 0 amide bonds. The van der Waals surface area contributed by atoms with Gasteiger partial charge in [0.25, 0.3) is 10.1 Å². The number of hydrogen-bond donors (Lipinski definition) is 2. The fourth-order valence-electron chi connectivity index (χ4n) is 3.10. The number of ether oxygens (including phenoxy) is 1. The number of aryl methyl sites for hydroxylation is 1. The lowest BCUT2D eigenvalue weighted by atomic mass is 10.0. The average Bonchev–Trinajstić information content (AvgIpc) is 2.66. The van der Waals surface area contributed by atoms with E-state index in [2.05, 4.69) is 6.92 Å². The Morgan fingerprint density at radius 3 is 2.07 bits per heavy atom. The smallest absolute Gasteiger partial charge is 0.298 e. The third-order valence-electron chi connectivity index (χ3n) is 4.67. The summed E-state index contributed by atoms with van der Waals surface area (Å²) in [6.45, 7) is 2.21. The van der Waals surface area contributed by atoms with E-state index in [9.17, 15) is 18.1 Å². The second-order valence-corrected chi connectivity index (χ2v) is 8.47. The van der Waals surface area contributed by atoms with Gasteiger partial charge in [-0.1, -0.05) is 57.9 Å². The third-order valence-corrected chi connectivity index (χ3v) is 5.54. The SMILES string of the molecule is CCCCCCCCCCc1ccc(Oc2ccc(O)cc2)c(S(=O)(=O)O)c1. The van der Waals surface area contributed by atoms with Crippen molar-refractivity contribution in [2.75, 3.05) is 0 Å².